The monoisotopic (exact) mass is 478 g/mol. The molecule has 2 aromatic carbocycles. The van der Waals surface area contributed by atoms with E-state index in [1.54, 1.807) is 6.20 Å². The summed E-state index contributed by atoms with van der Waals surface area (Å²) >= 11 is 0. The predicted molar refractivity (Wildman–Crippen MR) is 152 cm³/mol. The Labute approximate surface area is 216 Å². The molecule has 0 fully saturated rings. The minimum atomic E-state index is 0.250. The van der Waals surface area contributed by atoms with Crippen molar-refractivity contribution in [2.75, 3.05) is 4.90 Å². The fourth-order valence-corrected chi connectivity index (χ4v) is 5.65. The van der Waals surface area contributed by atoms with Crippen molar-refractivity contribution in [3.63, 3.8) is 0 Å². The fourth-order valence-electron chi connectivity index (χ4n) is 5.65. The van der Waals surface area contributed by atoms with Gasteiger partial charge in [-0.2, -0.15) is 0 Å². The van der Waals surface area contributed by atoms with Crippen molar-refractivity contribution in [1.82, 2.24) is 14.5 Å². The molecule has 0 amide bonds. The Hall–Kier alpha value is -4.70. The number of hydrogen-bond donors (Lipinski definition) is 0. The number of nitrogens with zero attached hydrogens (tertiary/aromatic N) is 4. The molecule has 0 N–H and O–H groups in total. The van der Waals surface area contributed by atoms with Crippen molar-refractivity contribution in [3.8, 4) is 17.1 Å². The summed E-state index contributed by atoms with van der Waals surface area (Å²) < 4.78 is 2.23. The minimum Gasteiger partial charge on any atom is -0.313 e. The van der Waals surface area contributed by atoms with Crippen LogP contribution in [0.4, 0.5) is 11.4 Å². The average molecular weight is 479 g/mol. The molecule has 1 aliphatic carbocycles. The molecule has 2 aliphatic rings. The van der Waals surface area contributed by atoms with E-state index >= 15 is 0 Å². The van der Waals surface area contributed by atoms with Crippen LogP contribution < -0.4 is 4.90 Å². The molecule has 4 heteroatoms. The number of allylic oxidation sites excluding steroid dienone is 5. The van der Waals surface area contributed by atoms with E-state index in [1.807, 2.05) is 24.4 Å². The molecule has 3 aromatic heterocycles. The second-order valence-electron chi connectivity index (χ2n) is 9.52. The Kier molecular flexibility index (Phi) is 5.10. The van der Waals surface area contributed by atoms with Gasteiger partial charge in [0.1, 0.15) is 5.82 Å². The van der Waals surface area contributed by atoms with Crippen LogP contribution in [0.5, 0.6) is 0 Å². The largest absolute Gasteiger partial charge is 0.313 e. The van der Waals surface area contributed by atoms with Gasteiger partial charge in [-0.1, -0.05) is 55.5 Å². The van der Waals surface area contributed by atoms with E-state index in [2.05, 4.69) is 113 Å². The summed E-state index contributed by atoms with van der Waals surface area (Å²) in [5.41, 5.74) is 9.47. The molecule has 5 aromatic rings. The number of benzene rings is 2. The molecule has 0 spiro atoms. The van der Waals surface area contributed by atoms with Gasteiger partial charge in [0.15, 0.2) is 0 Å². The molecule has 0 radical (unpaired) electrons. The quantitative estimate of drug-likeness (QED) is 0.262. The highest BCUT2D eigenvalue weighted by Crippen LogP contribution is 2.51. The molecule has 1 unspecified atom stereocenters. The first-order valence-corrected chi connectivity index (χ1v) is 12.7. The Bertz CT molecular complexity index is 1710. The van der Waals surface area contributed by atoms with Crippen molar-refractivity contribution in [1.29, 1.82) is 0 Å². The van der Waals surface area contributed by atoms with Gasteiger partial charge in [-0.3, -0.25) is 4.98 Å². The summed E-state index contributed by atoms with van der Waals surface area (Å²) in [6.45, 7) is 2.32. The molecule has 37 heavy (non-hydrogen) atoms. The summed E-state index contributed by atoms with van der Waals surface area (Å²) in [6.07, 6.45) is 17.9. The van der Waals surface area contributed by atoms with Gasteiger partial charge in [0.2, 0.25) is 0 Å². The van der Waals surface area contributed by atoms with Gasteiger partial charge >= 0.3 is 0 Å². The van der Waals surface area contributed by atoms with E-state index in [-0.39, 0.29) is 5.92 Å². The highest BCUT2D eigenvalue weighted by molar-refractivity contribution is 5.99. The van der Waals surface area contributed by atoms with Gasteiger partial charge in [0.05, 0.1) is 16.9 Å². The second-order valence-corrected chi connectivity index (χ2v) is 9.52. The van der Waals surface area contributed by atoms with Crippen molar-refractivity contribution < 1.29 is 0 Å². The lowest BCUT2D eigenvalue weighted by atomic mass is 9.92. The Balaban J connectivity index is 1.48. The van der Waals surface area contributed by atoms with Crippen molar-refractivity contribution in [2.45, 2.75) is 19.3 Å². The van der Waals surface area contributed by atoms with Crippen molar-refractivity contribution in [3.05, 3.63) is 133 Å². The first-order valence-electron chi connectivity index (χ1n) is 12.7. The summed E-state index contributed by atoms with van der Waals surface area (Å²) in [6, 6.07) is 25.4. The van der Waals surface area contributed by atoms with E-state index in [1.165, 1.54) is 39.1 Å². The molecule has 2 bridgehead atoms. The number of aromatic nitrogens is 3. The molecule has 1 atom stereocenters. The Morgan fingerprint density at radius 1 is 0.919 bits per heavy atom. The summed E-state index contributed by atoms with van der Waals surface area (Å²) in [5, 5.41) is 1.20. The van der Waals surface area contributed by atoms with Gasteiger partial charge in [-0.05, 0) is 66.6 Å². The maximum Gasteiger partial charge on any atom is 0.137 e. The van der Waals surface area contributed by atoms with Gasteiger partial charge in [-0.25, -0.2) is 4.98 Å². The zero-order chi connectivity index (χ0) is 24.8. The van der Waals surface area contributed by atoms with Gasteiger partial charge < -0.3 is 9.47 Å². The van der Waals surface area contributed by atoms with Crippen molar-refractivity contribution >= 4 is 28.4 Å². The molecule has 4 heterocycles. The molecule has 178 valence electrons. The van der Waals surface area contributed by atoms with Crippen LogP contribution in [0.1, 0.15) is 30.4 Å². The lowest BCUT2D eigenvalue weighted by Crippen LogP contribution is -2.12. The fraction of sp³-hybridized carbons (Fsp3) is 0.0909. The molecule has 1 aliphatic heterocycles. The normalized spacial score (nSPS) is 18.0. The molecular weight excluding hydrogens is 452 g/mol. The maximum absolute atomic E-state index is 5.04. The number of fused-ring (bicyclic) bond motifs is 3. The predicted octanol–water partition coefficient (Wildman–Crippen LogP) is 8.20. The van der Waals surface area contributed by atoms with E-state index in [9.17, 15) is 0 Å². The molecule has 4 nitrogen and oxygen atoms in total. The smallest absolute Gasteiger partial charge is 0.137 e. The highest BCUT2D eigenvalue weighted by atomic mass is 15.2. The first-order chi connectivity index (χ1) is 18.3. The van der Waals surface area contributed by atoms with Crippen LogP contribution in [0.25, 0.3) is 34.1 Å². The maximum atomic E-state index is 5.04. The van der Waals surface area contributed by atoms with Crippen LogP contribution in [-0.2, 0) is 0 Å². The average Bonchev–Trinajstić information content (AvgIpc) is 3.49. The third-order valence-electron chi connectivity index (χ3n) is 7.32. The van der Waals surface area contributed by atoms with Crippen LogP contribution >= 0.6 is 0 Å². The summed E-state index contributed by atoms with van der Waals surface area (Å²) in [4.78, 5) is 11.7. The number of hydrogen-bond acceptors (Lipinski definition) is 3. The van der Waals surface area contributed by atoms with E-state index in [0.717, 1.165) is 23.5 Å². The second kappa shape index (κ2) is 8.75. The van der Waals surface area contributed by atoms with Gasteiger partial charge in [0.25, 0.3) is 0 Å². The molecule has 0 saturated heterocycles. The highest BCUT2D eigenvalue weighted by Gasteiger charge is 2.35. The lowest BCUT2D eigenvalue weighted by molar-refractivity contribution is 0.918. The van der Waals surface area contributed by atoms with Gasteiger partial charge in [-0.15, -0.1) is 0 Å². The number of pyridine rings is 2. The number of rotatable bonds is 3. The van der Waals surface area contributed by atoms with E-state index in [4.69, 9.17) is 4.98 Å². The third kappa shape index (κ3) is 3.53. The van der Waals surface area contributed by atoms with Crippen LogP contribution in [0.15, 0.2) is 121 Å². The molecular formula is C33H26N4. The summed E-state index contributed by atoms with van der Waals surface area (Å²) in [5.74, 6) is 1.15. The van der Waals surface area contributed by atoms with E-state index in [0.29, 0.717) is 0 Å². The molecule has 0 saturated carbocycles. The standard InChI is InChI=1S/C33H26N4/c1-23-29-16-8-3-2-7-14-27-32(23)30(37(29)26-12-5-4-6-13-26)21-24-18-20-36(33(24)27)31-17-9-15-28(35-31)25-11-10-19-34-22-25/h3-23H,2H2,1H3/b8-3-,14-7-,29-16?. The molecule has 7 rings (SSSR count). The number of anilines is 2. The van der Waals surface area contributed by atoms with Crippen molar-refractivity contribution in [2.24, 2.45) is 0 Å². The third-order valence-corrected chi connectivity index (χ3v) is 7.32. The lowest BCUT2D eigenvalue weighted by Gasteiger charge is -2.23. The van der Waals surface area contributed by atoms with Crippen LogP contribution in [0, 0.1) is 0 Å². The van der Waals surface area contributed by atoms with Crippen LogP contribution in [-0.4, -0.2) is 14.5 Å². The number of para-hydroxylation sites is 1. The van der Waals surface area contributed by atoms with Crippen LogP contribution in [0.2, 0.25) is 0 Å². The zero-order valence-corrected chi connectivity index (χ0v) is 20.6. The Morgan fingerprint density at radius 3 is 2.70 bits per heavy atom. The summed E-state index contributed by atoms with van der Waals surface area (Å²) in [7, 11) is 0. The van der Waals surface area contributed by atoms with Crippen LogP contribution in [0.3, 0.4) is 0 Å². The van der Waals surface area contributed by atoms with Gasteiger partial charge in [0, 0.05) is 52.4 Å². The minimum absolute atomic E-state index is 0.250. The SMILES string of the molecule is CC1C2=C/C=C\C/C=C\c3c1c(cc1ccn(-c4cccc(-c5cccnc5)n4)c31)N2c1ccccc1. The Morgan fingerprint density at radius 2 is 1.84 bits per heavy atom. The first kappa shape index (κ1) is 21.6. The zero-order valence-electron chi connectivity index (χ0n) is 20.6. The topological polar surface area (TPSA) is 34.0 Å². The van der Waals surface area contributed by atoms with E-state index < -0.39 is 0 Å².